The monoisotopic (exact) mass is 337 g/mol. The largest absolute Gasteiger partial charge is 0.333 e. The van der Waals surface area contributed by atoms with Crippen LogP contribution in [0.15, 0.2) is 48.5 Å². The van der Waals surface area contributed by atoms with Crippen LogP contribution in [0, 0.1) is 6.92 Å². The number of hydrogen-bond donors (Lipinski definition) is 2. The van der Waals surface area contributed by atoms with Crippen molar-refractivity contribution in [2.75, 3.05) is 16.8 Å². The molecule has 5 heteroatoms. The van der Waals surface area contributed by atoms with Gasteiger partial charge >= 0.3 is 6.03 Å². The molecule has 3 rings (SSSR count). The maximum Gasteiger partial charge on any atom is 0.319 e. The van der Waals surface area contributed by atoms with Crippen molar-refractivity contribution in [2.24, 2.45) is 0 Å². The summed E-state index contributed by atoms with van der Waals surface area (Å²) >= 11 is 0. The smallest absolute Gasteiger partial charge is 0.319 e. The highest BCUT2D eigenvalue weighted by Crippen LogP contribution is 2.22. The molecular weight excluding hydrogens is 314 g/mol. The molecular formula is C20H23N3O2. The van der Waals surface area contributed by atoms with Crippen LogP contribution in [0.25, 0.3) is 0 Å². The zero-order valence-electron chi connectivity index (χ0n) is 14.6. The first-order valence-electron chi connectivity index (χ1n) is 8.58. The Morgan fingerprint density at radius 3 is 2.44 bits per heavy atom. The topological polar surface area (TPSA) is 61.4 Å². The van der Waals surface area contributed by atoms with Crippen molar-refractivity contribution in [3.05, 3.63) is 59.7 Å². The van der Waals surface area contributed by atoms with Crippen LogP contribution in [0.2, 0.25) is 0 Å². The molecule has 1 heterocycles. The standard InChI is InChI=1S/C20H23N3O2/c1-3-15-6-8-16(9-7-15)21-20(25)22-17-12-19(24)23(13-17)18-10-4-14(2)5-11-18/h4-11,17H,3,12-13H2,1-2H3,(H2,21,22,25). The van der Waals surface area contributed by atoms with Crippen LogP contribution in [0.5, 0.6) is 0 Å². The summed E-state index contributed by atoms with van der Waals surface area (Å²) in [4.78, 5) is 26.1. The van der Waals surface area contributed by atoms with E-state index >= 15 is 0 Å². The van der Waals surface area contributed by atoms with Gasteiger partial charge in [-0.05, 0) is 43.2 Å². The molecule has 25 heavy (non-hydrogen) atoms. The quantitative estimate of drug-likeness (QED) is 0.897. The Kier molecular flexibility index (Phi) is 5.03. The molecule has 0 aliphatic carbocycles. The molecule has 0 bridgehead atoms. The fourth-order valence-corrected chi connectivity index (χ4v) is 2.95. The van der Waals surface area contributed by atoms with E-state index in [-0.39, 0.29) is 18.0 Å². The number of aryl methyl sites for hydroxylation is 2. The van der Waals surface area contributed by atoms with Gasteiger partial charge < -0.3 is 15.5 Å². The molecule has 1 atom stereocenters. The Balaban J connectivity index is 1.57. The van der Waals surface area contributed by atoms with E-state index < -0.39 is 0 Å². The molecule has 0 saturated carbocycles. The SMILES string of the molecule is CCc1ccc(NC(=O)NC2CC(=O)N(c3ccc(C)cc3)C2)cc1. The molecule has 130 valence electrons. The molecule has 1 unspecified atom stereocenters. The second kappa shape index (κ2) is 7.38. The van der Waals surface area contributed by atoms with Gasteiger partial charge in [-0.2, -0.15) is 0 Å². The molecule has 3 amide bonds. The highest BCUT2D eigenvalue weighted by molar-refractivity contribution is 5.97. The van der Waals surface area contributed by atoms with Crippen LogP contribution in [0.3, 0.4) is 0 Å². The first-order valence-corrected chi connectivity index (χ1v) is 8.58. The van der Waals surface area contributed by atoms with Gasteiger partial charge in [0.1, 0.15) is 0 Å². The number of anilines is 2. The van der Waals surface area contributed by atoms with Gasteiger partial charge in [-0.1, -0.05) is 36.8 Å². The second-order valence-corrected chi connectivity index (χ2v) is 6.39. The lowest BCUT2D eigenvalue weighted by Gasteiger charge is -2.17. The highest BCUT2D eigenvalue weighted by atomic mass is 16.2. The molecule has 5 nitrogen and oxygen atoms in total. The van der Waals surface area contributed by atoms with Crippen molar-refractivity contribution in [1.82, 2.24) is 5.32 Å². The summed E-state index contributed by atoms with van der Waals surface area (Å²) in [6.45, 7) is 4.59. The lowest BCUT2D eigenvalue weighted by Crippen LogP contribution is -2.39. The summed E-state index contributed by atoms with van der Waals surface area (Å²) in [5.74, 6) is 0.0291. The summed E-state index contributed by atoms with van der Waals surface area (Å²) in [5, 5.41) is 5.70. The van der Waals surface area contributed by atoms with E-state index in [1.807, 2.05) is 55.5 Å². The average molecular weight is 337 g/mol. The van der Waals surface area contributed by atoms with Crippen molar-refractivity contribution < 1.29 is 9.59 Å². The van der Waals surface area contributed by atoms with Crippen LogP contribution in [0.4, 0.5) is 16.2 Å². The zero-order chi connectivity index (χ0) is 17.8. The van der Waals surface area contributed by atoms with E-state index in [1.165, 1.54) is 5.56 Å². The normalized spacial score (nSPS) is 16.8. The Morgan fingerprint density at radius 2 is 1.80 bits per heavy atom. The first-order chi connectivity index (χ1) is 12.0. The third kappa shape index (κ3) is 4.18. The lowest BCUT2D eigenvalue weighted by atomic mass is 10.1. The van der Waals surface area contributed by atoms with Crippen molar-refractivity contribution in [1.29, 1.82) is 0 Å². The highest BCUT2D eigenvalue weighted by Gasteiger charge is 2.31. The number of nitrogens with one attached hydrogen (secondary N) is 2. The van der Waals surface area contributed by atoms with E-state index in [2.05, 4.69) is 17.6 Å². The van der Waals surface area contributed by atoms with Gasteiger partial charge in [0.05, 0.1) is 6.04 Å². The summed E-state index contributed by atoms with van der Waals surface area (Å²) in [6, 6.07) is 15.1. The first kappa shape index (κ1) is 17.0. The number of hydrogen-bond acceptors (Lipinski definition) is 2. The van der Waals surface area contributed by atoms with Crippen molar-refractivity contribution >= 4 is 23.3 Å². The molecule has 0 aromatic heterocycles. The molecule has 0 radical (unpaired) electrons. The second-order valence-electron chi connectivity index (χ2n) is 6.39. The maximum atomic E-state index is 12.2. The van der Waals surface area contributed by atoms with Crippen LogP contribution < -0.4 is 15.5 Å². The van der Waals surface area contributed by atoms with Gasteiger partial charge in [-0.25, -0.2) is 4.79 Å². The number of amides is 3. The van der Waals surface area contributed by atoms with Crippen LogP contribution in [-0.2, 0) is 11.2 Å². The predicted molar refractivity (Wildman–Crippen MR) is 99.9 cm³/mol. The predicted octanol–water partition coefficient (Wildman–Crippen LogP) is 3.48. The Morgan fingerprint density at radius 1 is 1.12 bits per heavy atom. The number of rotatable bonds is 4. The Labute approximate surface area is 148 Å². The molecule has 1 aliphatic rings. The third-order valence-corrected chi connectivity index (χ3v) is 4.43. The number of carbonyl (C=O) groups excluding carboxylic acids is 2. The molecule has 2 aromatic carbocycles. The molecule has 1 fully saturated rings. The minimum atomic E-state index is -0.284. The van der Waals surface area contributed by atoms with Gasteiger partial charge in [0.15, 0.2) is 0 Å². The lowest BCUT2D eigenvalue weighted by molar-refractivity contribution is -0.117. The van der Waals surface area contributed by atoms with Gasteiger partial charge in [0.2, 0.25) is 5.91 Å². The van der Waals surface area contributed by atoms with Crippen LogP contribution >= 0.6 is 0 Å². The van der Waals surface area contributed by atoms with Crippen molar-refractivity contribution in [3.8, 4) is 0 Å². The summed E-state index contributed by atoms with van der Waals surface area (Å²) in [7, 11) is 0. The van der Waals surface area contributed by atoms with Gasteiger partial charge in [-0.3, -0.25) is 4.79 Å². The molecule has 1 aliphatic heterocycles. The van der Waals surface area contributed by atoms with Gasteiger partial charge in [-0.15, -0.1) is 0 Å². The average Bonchev–Trinajstić information content (AvgIpc) is 2.96. The third-order valence-electron chi connectivity index (χ3n) is 4.43. The van der Waals surface area contributed by atoms with E-state index in [0.717, 1.165) is 23.4 Å². The fourth-order valence-electron chi connectivity index (χ4n) is 2.95. The molecule has 0 spiro atoms. The number of urea groups is 1. The minimum Gasteiger partial charge on any atom is -0.333 e. The van der Waals surface area contributed by atoms with Gasteiger partial charge in [0, 0.05) is 24.3 Å². The maximum absolute atomic E-state index is 12.2. The zero-order valence-corrected chi connectivity index (χ0v) is 14.6. The van der Waals surface area contributed by atoms with E-state index in [0.29, 0.717) is 13.0 Å². The Bertz CT molecular complexity index is 754. The fraction of sp³-hybridized carbons (Fsp3) is 0.300. The number of carbonyl (C=O) groups is 2. The van der Waals surface area contributed by atoms with Crippen molar-refractivity contribution in [2.45, 2.75) is 32.7 Å². The van der Waals surface area contributed by atoms with Gasteiger partial charge in [0.25, 0.3) is 0 Å². The van der Waals surface area contributed by atoms with E-state index in [4.69, 9.17) is 0 Å². The van der Waals surface area contributed by atoms with Crippen molar-refractivity contribution in [3.63, 3.8) is 0 Å². The van der Waals surface area contributed by atoms with Crippen LogP contribution in [-0.4, -0.2) is 24.5 Å². The van der Waals surface area contributed by atoms with E-state index in [1.54, 1.807) is 4.90 Å². The summed E-state index contributed by atoms with van der Waals surface area (Å²) < 4.78 is 0. The molecule has 2 N–H and O–H groups in total. The minimum absolute atomic E-state index is 0.0291. The summed E-state index contributed by atoms with van der Waals surface area (Å²) in [5.41, 5.74) is 3.99. The Hall–Kier alpha value is -2.82. The number of nitrogens with zero attached hydrogens (tertiary/aromatic N) is 1. The summed E-state index contributed by atoms with van der Waals surface area (Å²) in [6.07, 6.45) is 1.28. The van der Waals surface area contributed by atoms with E-state index in [9.17, 15) is 9.59 Å². The number of benzene rings is 2. The molecule has 1 saturated heterocycles. The van der Waals surface area contributed by atoms with Crippen LogP contribution in [0.1, 0.15) is 24.5 Å². The molecule has 2 aromatic rings.